The molecule has 0 saturated carbocycles. The molecular formula is C19H17NO5. The molecule has 1 aliphatic rings. The first-order valence-corrected chi connectivity index (χ1v) is 7.96. The fraction of sp³-hybridized carbons (Fsp3) is 0.263. The van der Waals surface area contributed by atoms with Gasteiger partial charge in [-0.2, -0.15) is 0 Å². The maximum Gasteiger partial charge on any atom is 0.317 e. The van der Waals surface area contributed by atoms with E-state index >= 15 is 0 Å². The number of ether oxygens (including phenoxy) is 1. The second-order valence-corrected chi connectivity index (χ2v) is 6.23. The minimum Gasteiger partial charge on any atom is -0.465 e. The summed E-state index contributed by atoms with van der Waals surface area (Å²) >= 11 is 0. The van der Waals surface area contributed by atoms with Gasteiger partial charge in [-0.15, -0.1) is 0 Å². The minimum atomic E-state index is -0.835. The molecule has 25 heavy (non-hydrogen) atoms. The summed E-state index contributed by atoms with van der Waals surface area (Å²) in [7, 11) is 0. The summed E-state index contributed by atoms with van der Waals surface area (Å²) in [6.07, 6.45) is 0.450. The molecule has 1 fully saturated rings. The number of hydrogen-bond donors (Lipinski definition) is 0. The van der Waals surface area contributed by atoms with Gasteiger partial charge in [0.15, 0.2) is 5.78 Å². The average molecular weight is 339 g/mol. The SMILES string of the molecule is Cc1ccc(C(=O)[C@H]2C(=O)OC[C@@H]2Cc2ccc([N+](=O)[O-])cc2)cc1. The van der Waals surface area contributed by atoms with E-state index in [0.717, 1.165) is 11.1 Å². The van der Waals surface area contributed by atoms with Gasteiger partial charge in [0.1, 0.15) is 5.92 Å². The number of nitro benzene ring substituents is 1. The first-order valence-electron chi connectivity index (χ1n) is 7.96. The van der Waals surface area contributed by atoms with Crippen LogP contribution in [0.3, 0.4) is 0 Å². The van der Waals surface area contributed by atoms with Crippen molar-refractivity contribution in [1.82, 2.24) is 0 Å². The van der Waals surface area contributed by atoms with Crippen molar-refractivity contribution < 1.29 is 19.2 Å². The van der Waals surface area contributed by atoms with Crippen LogP contribution in [0, 0.1) is 28.9 Å². The molecule has 0 amide bonds. The first-order chi connectivity index (χ1) is 12.0. The smallest absolute Gasteiger partial charge is 0.317 e. The maximum atomic E-state index is 12.7. The molecule has 1 heterocycles. The zero-order chi connectivity index (χ0) is 18.0. The van der Waals surface area contributed by atoms with E-state index in [1.54, 1.807) is 24.3 Å². The largest absolute Gasteiger partial charge is 0.465 e. The van der Waals surface area contributed by atoms with Crippen molar-refractivity contribution in [3.8, 4) is 0 Å². The molecule has 1 aliphatic heterocycles. The second-order valence-electron chi connectivity index (χ2n) is 6.23. The van der Waals surface area contributed by atoms with Crippen LogP contribution in [0.25, 0.3) is 0 Å². The number of ketones is 1. The molecule has 6 heteroatoms. The number of rotatable bonds is 5. The first kappa shape index (κ1) is 16.8. The Hall–Kier alpha value is -3.02. The molecule has 2 atom stereocenters. The highest BCUT2D eigenvalue weighted by molar-refractivity contribution is 6.09. The summed E-state index contributed by atoms with van der Waals surface area (Å²) in [5.74, 6) is -1.85. The Morgan fingerprint density at radius 2 is 1.80 bits per heavy atom. The summed E-state index contributed by atoms with van der Waals surface area (Å²) < 4.78 is 5.11. The number of aryl methyl sites for hydroxylation is 1. The third kappa shape index (κ3) is 3.57. The standard InChI is InChI=1S/C19H17NO5/c1-12-2-6-14(7-3-12)18(21)17-15(11-25-19(17)22)10-13-4-8-16(9-5-13)20(23)24/h2-9,15,17H,10-11H2,1H3/t15-,17-/m0/s1. The number of Topliss-reactive ketones (excluding diaryl/α,β-unsaturated/α-hetero) is 1. The van der Waals surface area contributed by atoms with Crippen molar-refractivity contribution in [2.24, 2.45) is 11.8 Å². The molecule has 0 radical (unpaired) electrons. The Morgan fingerprint density at radius 3 is 2.40 bits per heavy atom. The lowest BCUT2D eigenvalue weighted by Crippen LogP contribution is -2.27. The van der Waals surface area contributed by atoms with E-state index in [0.29, 0.717) is 12.0 Å². The van der Waals surface area contributed by atoms with Gasteiger partial charge in [0.2, 0.25) is 0 Å². The van der Waals surface area contributed by atoms with Crippen molar-refractivity contribution in [3.05, 3.63) is 75.3 Å². The summed E-state index contributed by atoms with van der Waals surface area (Å²) in [4.78, 5) is 35.0. The summed E-state index contributed by atoms with van der Waals surface area (Å²) in [6.45, 7) is 2.10. The molecule has 0 aromatic heterocycles. The van der Waals surface area contributed by atoms with Crippen molar-refractivity contribution in [1.29, 1.82) is 0 Å². The molecule has 3 rings (SSSR count). The van der Waals surface area contributed by atoms with Gasteiger partial charge in [-0.25, -0.2) is 0 Å². The van der Waals surface area contributed by atoms with E-state index in [2.05, 4.69) is 0 Å². The zero-order valence-electron chi connectivity index (χ0n) is 13.7. The number of hydrogen-bond acceptors (Lipinski definition) is 5. The van der Waals surface area contributed by atoms with Gasteiger partial charge >= 0.3 is 5.97 Å². The zero-order valence-corrected chi connectivity index (χ0v) is 13.7. The number of carbonyl (C=O) groups is 2. The van der Waals surface area contributed by atoms with Crippen LogP contribution in [-0.2, 0) is 16.0 Å². The molecular weight excluding hydrogens is 322 g/mol. The predicted molar refractivity (Wildman–Crippen MR) is 90.2 cm³/mol. The van der Waals surface area contributed by atoms with E-state index in [1.807, 2.05) is 19.1 Å². The number of nitrogens with zero attached hydrogens (tertiary/aromatic N) is 1. The van der Waals surface area contributed by atoms with Crippen LogP contribution in [0.5, 0.6) is 0 Å². The van der Waals surface area contributed by atoms with Crippen LogP contribution < -0.4 is 0 Å². The molecule has 0 unspecified atom stereocenters. The van der Waals surface area contributed by atoms with Crippen LogP contribution >= 0.6 is 0 Å². The van der Waals surface area contributed by atoms with E-state index in [-0.39, 0.29) is 24.0 Å². The van der Waals surface area contributed by atoms with Gasteiger partial charge in [-0.3, -0.25) is 19.7 Å². The van der Waals surface area contributed by atoms with Gasteiger partial charge < -0.3 is 4.74 Å². The van der Waals surface area contributed by atoms with Gasteiger partial charge in [0.25, 0.3) is 5.69 Å². The van der Waals surface area contributed by atoms with Crippen LogP contribution in [0.15, 0.2) is 48.5 Å². The topological polar surface area (TPSA) is 86.5 Å². The molecule has 6 nitrogen and oxygen atoms in total. The normalized spacial score (nSPS) is 19.5. The summed E-state index contributed by atoms with van der Waals surface area (Å²) in [5.41, 5.74) is 2.36. The summed E-state index contributed by atoms with van der Waals surface area (Å²) in [5, 5.41) is 10.7. The number of nitro groups is 1. The Bertz CT molecular complexity index is 811. The number of carbonyl (C=O) groups excluding carboxylic acids is 2. The van der Waals surface area contributed by atoms with Crippen LogP contribution in [0.1, 0.15) is 21.5 Å². The molecule has 0 bridgehead atoms. The van der Waals surface area contributed by atoms with E-state index < -0.39 is 16.8 Å². The van der Waals surface area contributed by atoms with Crippen molar-refractivity contribution >= 4 is 17.4 Å². The monoisotopic (exact) mass is 339 g/mol. The molecule has 0 aliphatic carbocycles. The Balaban J connectivity index is 1.78. The summed E-state index contributed by atoms with van der Waals surface area (Å²) in [6, 6.07) is 13.2. The van der Waals surface area contributed by atoms with Crippen molar-refractivity contribution in [2.75, 3.05) is 6.61 Å². The lowest BCUT2D eigenvalue weighted by Gasteiger charge is -2.14. The fourth-order valence-electron chi connectivity index (χ4n) is 3.02. The molecule has 0 spiro atoms. The fourth-order valence-corrected chi connectivity index (χ4v) is 3.02. The van der Waals surface area contributed by atoms with Gasteiger partial charge in [0.05, 0.1) is 11.5 Å². The van der Waals surface area contributed by atoms with E-state index in [1.165, 1.54) is 12.1 Å². The molecule has 0 N–H and O–H groups in total. The third-order valence-electron chi connectivity index (χ3n) is 4.43. The van der Waals surface area contributed by atoms with Gasteiger partial charge in [0, 0.05) is 23.6 Å². The Kier molecular flexibility index (Phi) is 4.61. The Labute approximate surface area is 144 Å². The van der Waals surface area contributed by atoms with Gasteiger partial charge in [-0.05, 0) is 18.9 Å². The lowest BCUT2D eigenvalue weighted by molar-refractivity contribution is -0.384. The van der Waals surface area contributed by atoms with Crippen molar-refractivity contribution in [3.63, 3.8) is 0 Å². The predicted octanol–water partition coefficient (Wildman–Crippen LogP) is 3.12. The van der Waals surface area contributed by atoms with E-state index in [9.17, 15) is 19.7 Å². The van der Waals surface area contributed by atoms with Crippen molar-refractivity contribution in [2.45, 2.75) is 13.3 Å². The molecule has 128 valence electrons. The Morgan fingerprint density at radius 1 is 1.16 bits per heavy atom. The van der Waals surface area contributed by atoms with Crippen LogP contribution in [-0.4, -0.2) is 23.3 Å². The quantitative estimate of drug-likeness (QED) is 0.275. The number of benzene rings is 2. The molecule has 2 aromatic rings. The number of non-ortho nitro benzene ring substituents is 1. The third-order valence-corrected chi connectivity index (χ3v) is 4.43. The van der Waals surface area contributed by atoms with Gasteiger partial charge in [-0.1, -0.05) is 42.0 Å². The minimum absolute atomic E-state index is 0.00906. The van der Waals surface area contributed by atoms with Crippen LogP contribution in [0.4, 0.5) is 5.69 Å². The molecule has 1 saturated heterocycles. The second kappa shape index (κ2) is 6.84. The lowest BCUT2D eigenvalue weighted by atomic mass is 9.84. The highest BCUT2D eigenvalue weighted by atomic mass is 16.6. The van der Waals surface area contributed by atoms with Crippen LogP contribution in [0.2, 0.25) is 0 Å². The average Bonchev–Trinajstić information content (AvgIpc) is 2.96. The maximum absolute atomic E-state index is 12.7. The molecule has 2 aromatic carbocycles. The van der Waals surface area contributed by atoms with E-state index in [4.69, 9.17) is 4.74 Å². The highest BCUT2D eigenvalue weighted by Gasteiger charge is 2.42. The number of esters is 1. The number of cyclic esters (lactones) is 1. The highest BCUT2D eigenvalue weighted by Crippen LogP contribution is 2.29.